The summed E-state index contributed by atoms with van der Waals surface area (Å²) < 4.78 is 9.24. The van der Waals surface area contributed by atoms with Gasteiger partial charge in [0, 0.05) is 35.4 Å². The molecule has 16 heteroatoms. The third-order valence-corrected chi connectivity index (χ3v) is 13.1. The Morgan fingerprint density at radius 2 is 1.45 bits per heavy atom. The fraction of sp³-hybridized carbons (Fsp3) is 0.548. The molecule has 4 heterocycles. The molecule has 7 atom stereocenters. The average Bonchev–Trinajstić information content (AvgIpc) is 3.43. The fourth-order valence-corrected chi connectivity index (χ4v) is 10.3. The molecule has 1 aromatic rings. The van der Waals surface area contributed by atoms with Gasteiger partial charge in [-0.2, -0.15) is 0 Å². The van der Waals surface area contributed by atoms with Gasteiger partial charge >= 0.3 is 11.9 Å². The standard InChI is InChI=1S/C31H38BrN5O8S2/c1-15(13-17(38)34(6)7)35(24(40)19(33)16-11-9-8-10-12-16)20-25(41)37-22(31(4,5)47-27(20)37)29(43)45-14-44-28(42)21-30(2,3)46-26-18(32)23(39)36(21)26/h8-13,18-22,26-27H,14,33H2,1-7H3/t18-,19?,20-,21+,22+,26-,27-/m1/s1. The molecular weight excluding hydrogens is 714 g/mol. The van der Waals surface area contributed by atoms with Crippen LogP contribution < -0.4 is 5.73 Å². The number of esters is 2. The van der Waals surface area contributed by atoms with Gasteiger partial charge in [-0.3, -0.25) is 24.1 Å². The molecule has 0 aliphatic carbocycles. The normalized spacial score (nSPS) is 29.2. The number of benzene rings is 1. The molecule has 1 aromatic carbocycles. The number of ether oxygens (including phenoxy) is 2. The minimum absolute atomic E-state index is 0.190. The zero-order valence-electron chi connectivity index (χ0n) is 27.0. The lowest BCUT2D eigenvalue weighted by atomic mass is 9.94. The maximum atomic E-state index is 13.9. The molecule has 254 valence electrons. The molecule has 13 nitrogen and oxygen atoms in total. The van der Waals surface area contributed by atoms with E-state index >= 15 is 0 Å². The number of amides is 4. The number of thioether (sulfide) groups is 2. The topological polar surface area (TPSA) is 160 Å². The fourth-order valence-electron chi connectivity index (χ4n) is 6.32. The zero-order chi connectivity index (χ0) is 34.7. The zero-order valence-corrected chi connectivity index (χ0v) is 30.3. The third kappa shape index (κ3) is 6.06. The second kappa shape index (κ2) is 12.7. The van der Waals surface area contributed by atoms with Gasteiger partial charge in [0.05, 0.1) is 0 Å². The molecule has 0 spiro atoms. The van der Waals surface area contributed by atoms with Gasteiger partial charge in [-0.1, -0.05) is 46.3 Å². The molecule has 5 rings (SSSR count). The van der Waals surface area contributed by atoms with Crippen molar-refractivity contribution in [1.82, 2.24) is 19.6 Å². The molecule has 4 aliphatic rings. The molecule has 0 saturated carbocycles. The lowest BCUT2D eigenvalue weighted by Gasteiger charge is -2.49. The van der Waals surface area contributed by atoms with Gasteiger partial charge in [-0.15, -0.1) is 23.5 Å². The van der Waals surface area contributed by atoms with Crippen LogP contribution in [-0.4, -0.2) is 119 Å². The Bertz CT molecular complexity index is 1540. The van der Waals surface area contributed by atoms with E-state index in [0.29, 0.717) is 5.56 Å². The summed E-state index contributed by atoms with van der Waals surface area (Å²) in [6.07, 6.45) is 1.27. The quantitative estimate of drug-likeness (QED) is 0.129. The Labute approximate surface area is 290 Å². The third-order valence-electron chi connectivity index (χ3n) is 8.73. The lowest BCUT2D eigenvalue weighted by molar-refractivity contribution is -0.182. The number of likely N-dealkylation sites (N-methyl/N-ethyl adjacent to an activating group) is 1. The number of halogens is 1. The Hall–Kier alpha value is -3.08. The maximum Gasteiger partial charge on any atom is 0.333 e. The minimum Gasteiger partial charge on any atom is -0.426 e. The van der Waals surface area contributed by atoms with Crippen LogP contribution in [0.1, 0.15) is 46.2 Å². The van der Waals surface area contributed by atoms with Crippen molar-refractivity contribution in [2.75, 3.05) is 20.9 Å². The van der Waals surface area contributed by atoms with Crippen molar-refractivity contribution in [1.29, 1.82) is 0 Å². The largest absolute Gasteiger partial charge is 0.426 e. The van der Waals surface area contributed by atoms with Crippen LogP contribution in [0.15, 0.2) is 42.1 Å². The van der Waals surface area contributed by atoms with Gasteiger partial charge in [-0.05, 0) is 40.2 Å². The number of carbonyl (C=O) groups is 6. The van der Waals surface area contributed by atoms with E-state index in [9.17, 15) is 28.8 Å². The highest BCUT2D eigenvalue weighted by molar-refractivity contribution is 9.10. The van der Waals surface area contributed by atoms with Crippen molar-refractivity contribution >= 4 is 75.0 Å². The van der Waals surface area contributed by atoms with E-state index in [4.69, 9.17) is 15.2 Å². The first kappa shape index (κ1) is 35.2. The SMILES string of the molecule is CC(=CC(=O)N(C)C)N(C(=O)C(N)c1ccccc1)[C@@H]1C(=O)N2[C@@H]1SC(C)(C)[C@@H]2C(=O)OCOC(=O)[C@@H]1N2C(=O)[C@@H](Br)[C@H]2SC1(C)C. The molecule has 2 N–H and O–H groups in total. The van der Waals surface area contributed by atoms with E-state index < -0.39 is 69.6 Å². The van der Waals surface area contributed by atoms with Crippen LogP contribution in [0.25, 0.3) is 0 Å². The number of nitrogens with zero attached hydrogens (tertiary/aromatic N) is 4. The van der Waals surface area contributed by atoms with Crippen molar-refractivity contribution in [2.24, 2.45) is 5.73 Å². The molecule has 47 heavy (non-hydrogen) atoms. The average molecular weight is 753 g/mol. The van der Waals surface area contributed by atoms with E-state index in [2.05, 4.69) is 15.9 Å². The summed E-state index contributed by atoms with van der Waals surface area (Å²) in [5.41, 5.74) is 7.15. The monoisotopic (exact) mass is 751 g/mol. The van der Waals surface area contributed by atoms with Crippen LogP contribution in [0.5, 0.6) is 0 Å². The number of allylic oxidation sites excluding steroid dienone is 1. The summed E-state index contributed by atoms with van der Waals surface area (Å²) in [5, 5.41) is -0.838. The molecule has 4 saturated heterocycles. The number of fused-ring (bicyclic) bond motifs is 2. The van der Waals surface area contributed by atoms with Crippen molar-refractivity contribution in [3.8, 4) is 0 Å². The summed E-state index contributed by atoms with van der Waals surface area (Å²) in [5.74, 6) is -3.15. The van der Waals surface area contributed by atoms with Crippen LogP contribution in [-0.2, 0) is 38.2 Å². The van der Waals surface area contributed by atoms with Crippen LogP contribution in [0.2, 0.25) is 0 Å². The van der Waals surface area contributed by atoms with Crippen molar-refractivity contribution in [3.63, 3.8) is 0 Å². The predicted molar refractivity (Wildman–Crippen MR) is 178 cm³/mol. The summed E-state index contributed by atoms with van der Waals surface area (Å²) in [6.45, 7) is 8.12. The van der Waals surface area contributed by atoms with Gasteiger partial charge in [0.15, 0.2) is 0 Å². The lowest BCUT2D eigenvalue weighted by Crippen LogP contribution is -2.71. The van der Waals surface area contributed by atoms with Gasteiger partial charge in [0.1, 0.15) is 39.7 Å². The summed E-state index contributed by atoms with van der Waals surface area (Å²) >= 11 is 6.15. The maximum absolute atomic E-state index is 13.9. The Kier molecular flexibility index (Phi) is 9.56. The Balaban J connectivity index is 1.30. The number of carbonyl (C=O) groups excluding carboxylic acids is 6. The summed E-state index contributed by atoms with van der Waals surface area (Å²) in [4.78, 5) is 84.3. The van der Waals surface area contributed by atoms with Crippen LogP contribution in [0.4, 0.5) is 0 Å². The molecule has 4 amide bonds. The second-order valence-electron chi connectivity index (χ2n) is 13.0. The first-order valence-corrected chi connectivity index (χ1v) is 17.6. The van der Waals surface area contributed by atoms with E-state index in [1.54, 1.807) is 65.2 Å². The van der Waals surface area contributed by atoms with Crippen LogP contribution in [0, 0.1) is 0 Å². The van der Waals surface area contributed by atoms with Gasteiger partial charge in [0.2, 0.25) is 24.5 Å². The van der Waals surface area contributed by atoms with E-state index in [-0.39, 0.29) is 27.7 Å². The van der Waals surface area contributed by atoms with Gasteiger partial charge in [0.25, 0.3) is 5.91 Å². The first-order valence-electron chi connectivity index (χ1n) is 14.9. The highest BCUT2D eigenvalue weighted by Crippen LogP contribution is 2.54. The van der Waals surface area contributed by atoms with Crippen LogP contribution in [0.3, 0.4) is 0 Å². The van der Waals surface area contributed by atoms with Crippen molar-refractivity contribution in [2.45, 2.75) is 83.9 Å². The van der Waals surface area contributed by atoms with Crippen molar-refractivity contribution in [3.05, 3.63) is 47.7 Å². The molecule has 4 aliphatic heterocycles. The summed E-state index contributed by atoms with van der Waals surface area (Å²) in [7, 11) is 3.14. The minimum atomic E-state index is -1.11. The number of rotatable bonds is 9. The predicted octanol–water partition coefficient (Wildman–Crippen LogP) is 1.81. The molecule has 4 fully saturated rings. The molecule has 0 bridgehead atoms. The number of nitrogens with two attached hydrogens (primary N) is 1. The van der Waals surface area contributed by atoms with E-state index in [0.717, 1.165) is 0 Å². The Morgan fingerprint density at radius 3 is 1.98 bits per heavy atom. The smallest absolute Gasteiger partial charge is 0.333 e. The van der Waals surface area contributed by atoms with Crippen molar-refractivity contribution < 1.29 is 38.2 Å². The van der Waals surface area contributed by atoms with E-state index in [1.165, 1.54) is 49.2 Å². The molecule has 0 aromatic heterocycles. The first-order chi connectivity index (χ1) is 21.9. The number of hydrogen-bond donors (Lipinski definition) is 1. The molecule has 1 unspecified atom stereocenters. The molecular formula is C31H38BrN5O8S2. The van der Waals surface area contributed by atoms with Crippen LogP contribution >= 0.6 is 39.5 Å². The van der Waals surface area contributed by atoms with Gasteiger partial charge in [-0.25, -0.2) is 9.59 Å². The molecule has 0 radical (unpaired) electrons. The highest BCUT2D eigenvalue weighted by Gasteiger charge is 2.67. The second-order valence-corrected chi connectivity index (χ2v) is 17.6. The number of β-lactam (4-membered cyclic amide) rings is 2. The number of alkyl halides is 1. The Morgan fingerprint density at radius 1 is 0.936 bits per heavy atom. The highest BCUT2D eigenvalue weighted by atomic mass is 79.9. The van der Waals surface area contributed by atoms with E-state index in [1.807, 2.05) is 13.8 Å². The summed E-state index contributed by atoms with van der Waals surface area (Å²) in [6, 6.07) is 4.64. The number of hydrogen-bond acceptors (Lipinski definition) is 11. The van der Waals surface area contributed by atoms with Gasteiger partial charge < -0.3 is 29.9 Å².